The number of likely N-dealkylation sites (tertiary alicyclic amines) is 1. The van der Waals surface area contributed by atoms with E-state index in [4.69, 9.17) is 0 Å². The van der Waals surface area contributed by atoms with Gasteiger partial charge in [-0.15, -0.1) is 0 Å². The number of halogens is 1. The summed E-state index contributed by atoms with van der Waals surface area (Å²) in [5, 5.41) is 6.59. The number of piperidine rings is 1. The van der Waals surface area contributed by atoms with E-state index in [-0.39, 0.29) is 12.3 Å². The van der Waals surface area contributed by atoms with Crippen molar-refractivity contribution in [2.45, 2.75) is 64.4 Å². The smallest absolute Gasteiger partial charge is 0.191 e. The second-order valence-corrected chi connectivity index (χ2v) is 10.1. The highest BCUT2D eigenvalue weighted by Gasteiger charge is 2.23. The summed E-state index contributed by atoms with van der Waals surface area (Å²) in [6.07, 6.45) is 4.95. The SMILES string of the molecule is CCNC(=NCc1cc(F)ccc1CS(C)(=O)=O)NCC(C)N1CCCCC1C. The fraction of sp³-hybridized carbons (Fsp3) is 0.667. The van der Waals surface area contributed by atoms with Crippen LogP contribution in [-0.2, 0) is 22.1 Å². The van der Waals surface area contributed by atoms with Crippen molar-refractivity contribution in [3.63, 3.8) is 0 Å². The van der Waals surface area contributed by atoms with Crippen LogP contribution in [0.4, 0.5) is 4.39 Å². The molecule has 1 saturated heterocycles. The number of nitrogens with zero attached hydrogens (tertiary/aromatic N) is 2. The molecule has 1 heterocycles. The highest BCUT2D eigenvalue weighted by atomic mass is 32.2. The molecule has 1 fully saturated rings. The molecule has 8 heteroatoms. The Hall–Kier alpha value is -1.67. The predicted molar refractivity (Wildman–Crippen MR) is 117 cm³/mol. The highest BCUT2D eigenvalue weighted by Crippen LogP contribution is 2.19. The number of hydrogen-bond donors (Lipinski definition) is 2. The molecule has 2 rings (SSSR count). The van der Waals surface area contributed by atoms with Gasteiger partial charge < -0.3 is 10.6 Å². The molecule has 2 atom stereocenters. The number of benzene rings is 1. The third kappa shape index (κ3) is 7.93. The van der Waals surface area contributed by atoms with E-state index < -0.39 is 15.7 Å². The van der Waals surface area contributed by atoms with Crippen LogP contribution < -0.4 is 10.6 Å². The van der Waals surface area contributed by atoms with E-state index in [9.17, 15) is 12.8 Å². The first-order chi connectivity index (χ1) is 13.7. The molecule has 2 unspecified atom stereocenters. The average Bonchev–Trinajstić information content (AvgIpc) is 2.65. The lowest BCUT2D eigenvalue weighted by Gasteiger charge is -2.38. The topological polar surface area (TPSA) is 73.8 Å². The van der Waals surface area contributed by atoms with E-state index in [1.54, 1.807) is 0 Å². The quantitative estimate of drug-likeness (QED) is 0.494. The van der Waals surface area contributed by atoms with E-state index in [0.29, 0.717) is 35.7 Å². The maximum absolute atomic E-state index is 13.7. The fourth-order valence-electron chi connectivity index (χ4n) is 3.81. The standard InChI is InChI=1S/C21H35FN4O2S/c1-5-23-21(24-13-17(3)26-11-7-6-8-16(26)2)25-14-19-12-20(22)10-9-18(19)15-29(4,27)28/h9-10,12,16-17H,5-8,11,13-15H2,1-4H3,(H2,23,24,25). The lowest BCUT2D eigenvalue weighted by atomic mass is 10.0. The van der Waals surface area contributed by atoms with Gasteiger partial charge in [-0.1, -0.05) is 12.5 Å². The molecular formula is C21H35FN4O2S. The molecule has 6 nitrogen and oxygen atoms in total. The van der Waals surface area contributed by atoms with Crippen LogP contribution in [0, 0.1) is 5.82 Å². The molecule has 0 spiro atoms. The van der Waals surface area contributed by atoms with Gasteiger partial charge in [0.05, 0.1) is 12.3 Å². The third-order valence-electron chi connectivity index (χ3n) is 5.32. The van der Waals surface area contributed by atoms with Crippen LogP contribution in [0.15, 0.2) is 23.2 Å². The Bertz CT molecular complexity index is 798. The van der Waals surface area contributed by atoms with Gasteiger partial charge in [0.25, 0.3) is 0 Å². The second kappa shape index (κ2) is 10.9. The molecule has 0 radical (unpaired) electrons. The first-order valence-electron chi connectivity index (χ1n) is 10.4. The van der Waals surface area contributed by atoms with Crippen LogP contribution in [0.5, 0.6) is 0 Å². The van der Waals surface area contributed by atoms with Gasteiger partial charge >= 0.3 is 0 Å². The van der Waals surface area contributed by atoms with Crippen molar-refractivity contribution in [1.82, 2.24) is 15.5 Å². The first kappa shape index (κ1) is 23.6. The lowest BCUT2D eigenvalue weighted by molar-refractivity contribution is 0.115. The molecule has 0 amide bonds. The number of nitrogens with one attached hydrogen (secondary N) is 2. The molecule has 1 aliphatic heterocycles. The molecule has 0 aromatic heterocycles. The monoisotopic (exact) mass is 426 g/mol. The Morgan fingerprint density at radius 2 is 2.07 bits per heavy atom. The number of sulfone groups is 1. The number of hydrogen-bond acceptors (Lipinski definition) is 4. The van der Waals surface area contributed by atoms with Gasteiger partial charge in [-0.05, 0) is 63.4 Å². The molecule has 2 N–H and O–H groups in total. The van der Waals surface area contributed by atoms with E-state index >= 15 is 0 Å². The Morgan fingerprint density at radius 1 is 1.31 bits per heavy atom. The Labute approximate surface area is 174 Å². The zero-order valence-corrected chi connectivity index (χ0v) is 18.9. The van der Waals surface area contributed by atoms with Crippen molar-refractivity contribution < 1.29 is 12.8 Å². The maximum Gasteiger partial charge on any atom is 0.191 e. The number of guanidine groups is 1. The van der Waals surface area contributed by atoms with Crippen molar-refractivity contribution in [1.29, 1.82) is 0 Å². The van der Waals surface area contributed by atoms with Crippen molar-refractivity contribution in [2.24, 2.45) is 4.99 Å². The summed E-state index contributed by atoms with van der Waals surface area (Å²) in [4.78, 5) is 7.09. The van der Waals surface area contributed by atoms with Gasteiger partial charge in [0.1, 0.15) is 5.82 Å². The summed E-state index contributed by atoms with van der Waals surface area (Å²) < 4.78 is 37.1. The normalized spacial score (nSPS) is 19.8. The number of rotatable bonds is 8. The van der Waals surface area contributed by atoms with Crippen molar-refractivity contribution in [2.75, 3.05) is 25.9 Å². The molecule has 0 bridgehead atoms. The molecule has 1 aliphatic rings. The lowest BCUT2D eigenvalue weighted by Crippen LogP contribution is -2.50. The minimum Gasteiger partial charge on any atom is -0.357 e. The van der Waals surface area contributed by atoms with Crippen LogP contribution >= 0.6 is 0 Å². The van der Waals surface area contributed by atoms with Crippen LogP contribution in [-0.4, -0.2) is 57.3 Å². The zero-order valence-electron chi connectivity index (χ0n) is 18.0. The summed E-state index contributed by atoms with van der Waals surface area (Å²) in [6, 6.07) is 5.15. The van der Waals surface area contributed by atoms with Crippen LogP contribution in [0.25, 0.3) is 0 Å². The van der Waals surface area contributed by atoms with Crippen molar-refractivity contribution >= 4 is 15.8 Å². The highest BCUT2D eigenvalue weighted by molar-refractivity contribution is 7.89. The second-order valence-electron chi connectivity index (χ2n) is 7.99. The molecular weight excluding hydrogens is 391 g/mol. The predicted octanol–water partition coefficient (Wildman–Crippen LogP) is 2.69. The van der Waals surface area contributed by atoms with Crippen LogP contribution in [0.2, 0.25) is 0 Å². The van der Waals surface area contributed by atoms with Gasteiger partial charge in [-0.2, -0.15) is 0 Å². The van der Waals surface area contributed by atoms with E-state index in [0.717, 1.165) is 13.1 Å². The molecule has 0 aliphatic carbocycles. The van der Waals surface area contributed by atoms with Gasteiger partial charge in [0, 0.05) is 31.4 Å². The minimum absolute atomic E-state index is 0.119. The van der Waals surface area contributed by atoms with E-state index in [2.05, 4.69) is 34.4 Å². The zero-order chi connectivity index (χ0) is 21.4. The summed E-state index contributed by atoms with van der Waals surface area (Å²) in [5.74, 6) is 0.142. The van der Waals surface area contributed by atoms with E-state index in [1.165, 1.54) is 43.7 Å². The number of aliphatic imine (C=N–C) groups is 1. The Morgan fingerprint density at radius 3 is 2.72 bits per heavy atom. The molecule has 0 saturated carbocycles. The summed E-state index contributed by atoms with van der Waals surface area (Å²) in [5.41, 5.74) is 1.18. The van der Waals surface area contributed by atoms with Gasteiger partial charge in [0.15, 0.2) is 15.8 Å². The first-order valence-corrected chi connectivity index (χ1v) is 12.5. The summed E-state index contributed by atoms with van der Waals surface area (Å²) in [7, 11) is -3.21. The minimum atomic E-state index is -3.21. The summed E-state index contributed by atoms with van der Waals surface area (Å²) >= 11 is 0. The summed E-state index contributed by atoms with van der Waals surface area (Å²) in [6.45, 7) is 9.29. The Balaban J connectivity index is 2.06. The van der Waals surface area contributed by atoms with E-state index in [1.807, 2.05) is 6.92 Å². The largest absolute Gasteiger partial charge is 0.357 e. The third-order valence-corrected chi connectivity index (χ3v) is 6.16. The fourth-order valence-corrected chi connectivity index (χ4v) is 4.65. The van der Waals surface area contributed by atoms with Gasteiger partial charge in [0.2, 0.25) is 0 Å². The molecule has 1 aromatic rings. The van der Waals surface area contributed by atoms with Crippen LogP contribution in [0.3, 0.4) is 0 Å². The average molecular weight is 427 g/mol. The maximum atomic E-state index is 13.7. The van der Waals surface area contributed by atoms with Gasteiger partial charge in [-0.3, -0.25) is 4.90 Å². The van der Waals surface area contributed by atoms with Crippen molar-refractivity contribution in [3.05, 3.63) is 35.1 Å². The molecule has 1 aromatic carbocycles. The van der Waals surface area contributed by atoms with Gasteiger partial charge in [-0.25, -0.2) is 17.8 Å². The molecule has 164 valence electrons. The molecule has 29 heavy (non-hydrogen) atoms. The van der Waals surface area contributed by atoms with Crippen molar-refractivity contribution in [3.8, 4) is 0 Å². The Kier molecular flexibility index (Phi) is 8.89. The van der Waals surface area contributed by atoms with Crippen LogP contribution in [0.1, 0.15) is 51.2 Å².